The van der Waals surface area contributed by atoms with Crippen LogP contribution < -0.4 is 0 Å². The molecule has 0 bridgehead atoms. The van der Waals surface area contributed by atoms with Crippen molar-refractivity contribution in [2.45, 2.75) is 207 Å². The van der Waals surface area contributed by atoms with E-state index < -0.39 is 13.5 Å². The first-order chi connectivity index (χ1) is 25.3. The number of carbonyl (C=O) groups is 4. The Kier molecular flexibility index (Phi) is 28.5. The third-order valence-electron chi connectivity index (χ3n) is 10.7. The van der Waals surface area contributed by atoms with Crippen LogP contribution in [0.2, 0.25) is 0 Å². The number of rotatable bonds is 30. The van der Waals surface area contributed by atoms with Crippen molar-refractivity contribution in [3.63, 3.8) is 0 Å². The summed E-state index contributed by atoms with van der Waals surface area (Å²) >= 11 is 0. The molecule has 0 aromatic carbocycles. The summed E-state index contributed by atoms with van der Waals surface area (Å²) in [6.45, 7) is 7.78. The van der Waals surface area contributed by atoms with Gasteiger partial charge < -0.3 is 10.2 Å². The molecule has 8 heteroatoms. The average molecular weight is 731 g/mol. The minimum absolute atomic E-state index is 0.211. The lowest BCUT2D eigenvalue weighted by Crippen LogP contribution is -2.31. The van der Waals surface area contributed by atoms with Gasteiger partial charge in [-0.1, -0.05) is 173 Å². The molecule has 0 saturated carbocycles. The van der Waals surface area contributed by atoms with Crippen LogP contribution in [-0.2, 0) is 19.2 Å². The van der Waals surface area contributed by atoms with Crippen LogP contribution in [0.5, 0.6) is 0 Å². The molecule has 2 fully saturated rings. The number of likely N-dealkylation sites (tertiary alicyclic amines) is 2. The molecule has 2 atom stereocenters. The number of hydrogen-bond acceptors (Lipinski definition) is 6. The summed E-state index contributed by atoms with van der Waals surface area (Å²) in [5.41, 5.74) is 2.22. The van der Waals surface area contributed by atoms with E-state index in [-0.39, 0.29) is 48.3 Å². The summed E-state index contributed by atoms with van der Waals surface area (Å²) in [7, 11) is 0. The van der Waals surface area contributed by atoms with Crippen molar-refractivity contribution in [3.8, 4) is 0 Å². The van der Waals surface area contributed by atoms with Crippen LogP contribution >= 0.6 is 0 Å². The Hall–Kier alpha value is -2.32. The quantitative estimate of drug-likeness (QED) is 0.0432. The topological polar surface area (TPSA) is 115 Å². The van der Waals surface area contributed by atoms with Gasteiger partial charge in [-0.25, -0.2) is 0 Å². The van der Waals surface area contributed by atoms with Crippen LogP contribution in [0.4, 0.5) is 0 Å². The molecule has 2 N–H and O–H groups in total. The Balaban J connectivity index is 0.000000522. The fourth-order valence-electron chi connectivity index (χ4n) is 7.43. The largest absolute Gasteiger partial charge is 0.376 e. The van der Waals surface area contributed by atoms with Gasteiger partial charge in [-0.2, -0.15) is 0 Å². The maximum Gasteiger partial charge on any atom is 0.238 e. The fraction of sp³-hybridized carbons (Fsp3) is 0.818. The van der Waals surface area contributed by atoms with Crippen LogP contribution in [0.25, 0.3) is 0 Å². The lowest BCUT2D eigenvalue weighted by atomic mass is 9.91. The van der Waals surface area contributed by atoms with E-state index in [1.165, 1.54) is 103 Å². The Morgan fingerprint density at radius 1 is 0.481 bits per heavy atom. The third kappa shape index (κ3) is 19.1. The molecular weight excluding hydrogens is 652 g/mol. The van der Waals surface area contributed by atoms with E-state index in [0.29, 0.717) is 0 Å². The standard InChI is InChI=1S/C23H41NO3.C21H37NO3/c1-3-5-7-8-9-10-11-12-13-15-17-20(16-14-6-4-2)21-18-22(26)24(19-25)23(21)27;1-3-5-6-7-8-9-10-11-12-13-15-18(14-4-2)19-16-20(24)22(17-23)21(19)25/h17,21,25H,3-16,18-19H2,1-2H3;15,19,23H,3-14,16-17H2,1-2H3. The van der Waals surface area contributed by atoms with Gasteiger partial charge in [-0.05, 0) is 44.9 Å². The molecule has 0 spiro atoms. The van der Waals surface area contributed by atoms with Crippen LogP contribution in [0.15, 0.2) is 23.3 Å². The third-order valence-corrected chi connectivity index (χ3v) is 10.7. The monoisotopic (exact) mass is 731 g/mol. The van der Waals surface area contributed by atoms with Gasteiger partial charge in [0.15, 0.2) is 0 Å². The molecule has 2 aliphatic heterocycles. The summed E-state index contributed by atoms with van der Waals surface area (Å²) < 4.78 is 0. The number of hydrogen-bond donors (Lipinski definition) is 2. The van der Waals surface area contributed by atoms with Crippen molar-refractivity contribution in [3.05, 3.63) is 23.3 Å². The SMILES string of the molecule is CCCCCCCCCCCC=C(CCC)C1CC(=O)N(CO)C1=O.CCCCCCCCCCCC=C(CCCCC)C1CC(=O)N(CO)C1=O. The molecule has 8 nitrogen and oxygen atoms in total. The predicted octanol–water partition coefficient (Wildman–Crippen LogP) is 10.7. The second-order valence-corrected chi connectivity index (χ2v) is 15.1. The number of aliphatic hydroxyl groups is 2. The summed E-state index contributed by atoms with van der Waals surface area (Å²) in [6, 6.07) is 0. The van der Waals surface area contributed by atoms with Gasteiger partial charge in [0.2, 0.25) is 23.6 Å². The highest BCUT2D eigenvalue weighted by atomic mass is 16.3. The van der Waals surface area contributed by atoms with Gasteiger partial charge in [0.05, 0.1) is 11.8 Å². The van der Waals surface area contributed by atoms with Gasteiger partial charge in [0.1, 0.15) is 13.5 Å². The number of imide groups is 2. The normalized spacial score (nSPS) is 18.2. The maximum atomic E-state index is 12.4. The van der Waals surface area contributed by atoms with Crippen molar-refractivity contribution in [1.29, 1.82) is 0 Å². The van der Waals surface area contributed by atoms with Gasteiger partial charge in [0.25, 0.3) is 0 Å². The van der Waals surface area contributed by atoms with Gasteiger partial charge in [0, 0.05) is 12.8 Å². The second kappa shape index (κ2) is 31.1. The molecule has 0 radical (unpaired) electrons. The van der Waals surface area contributed by atoms with Gasteiger partial charge in [-0.15, -0.1) is 0 Å². The van der Waals surface area contributed by atoms with Crippen LogP contribution in [0, 0.1) is 11.8 Å². The molecule has 2 heterocycles. The molecule has 2 rings (SSSR count). The summed E-state index contributed by atoms with van der Waals surface area (Å²) in [5, 5.41) is 18.4. The van der Waals surface area contributed by atoms with Crippen molar-refractivity contribution < 1.29 is 29.4 Å². The Labute approximate surface area is 318 Å². The Morgan fingerprint density at radius 2 is 0.808 bits per heavy atom. The number of allylic oxidation sites excluding steroid dienone is 2. The number of aliphatic hydroxyl groups excluding tert-OH is 2. The zero-order valence-electron chi connectivity index (χ0n) is 33.9. The van der Waals surface area contributed by atoms with Crippen LogP contribution in [0.3, 0.4) is 0 Å². The summed E-state index contributed by atoms with van der Waals surface area (Å²) in [6.07, 6.45) is 36.5. The molecule has 0 aromatic rings. The molecule has 52 heavy (non-hydrogen) atoms. The van der Waals surface area contributed by atoms with Crippen LogP contribution in [-0.4, -0.2) is 57.1 Å². The van der Waals surface area contributed by atoms with E-state index in [2.05, 4.69) is 39.8 Å². The number of carbonyl (C=O) groups excluding carboxylic acids is 4. The first-order valence-electron chi connectivity index (χ1n) is 21.6. The summed E-state index contributed by atoms with van der Waals surface area (Å²) in [4.78, 5) is 50.3. The predicted molar refractivity (Wildman–Crippen MR) is 213 cm³/mol. The number of nitrogens with zero attached hydrogens (tertiary/aromatic N) is 2. The van der Waals surface area contributed by atoms with E-state index in [9.17, 15) is 24.3 Å². The van der Waals surface area contributed by atoms with E-state index in [1.54, 1.807) is 0 Å². The zero-order valence-corrected chi connectivity index (χ0v) is 33.9. The highest BCUT2D eigenvalue weighted by molar-refractivity contribution is 6.05. The maximum absolute atomic E-state index is 12.4. The molecule has 0 aromatic heterocycles. The smallest absolute Gasteiger partial charge is 0.238 e. The first kappa shape index (κ1) is 47.7. The van der Waals surface area contributed by atoms with E-state index in [4.69, 9.17) is 5.11 Å². The molecule has 0 aliphatic carbocycles. The molecule has 4 amide bonds. The van der Waals surface area contributed by atoms with Crippen molar-refractivity contribution >= 4 is 23.6 Å². The van der Waals surface area contributed by atoms with Crippen molar-refractivity contribution in [1.82, 2.24) is 9.80 Å². The molecule has 2 unspecified atom stereocenters. The van der Waals surface area contributed by atoms with Gasteiger partial charge >= 0.3 is 0 Å². The number of unbranched alkanes of at least 4 members (excludes halogenated alkanes) is 20. The van der Waals surface area contributed by atoms with E-state index >= 15 is 0 Å². The van der Waals surface area contributed by atoms with Crippen molar-refractivity contribution in [2.75, 3.05) is 13.5 Å². The van der Waals surface area contributed by atoms with Crippen LogP contribution in [0.1, 0.15) is 207 Å². The lowest BCUT2D eigenvalue weighted by molar-refractivity contribution is -0.144. The minimum Gasteiger partial charge on any atom is -0.376 e. The summed E-state index contributed by atoms with van der Waals surface area (Å²) in [5.74, 6) is -1.59. The number of amides is 4. The highest BCUT2D eigenvalue weighted by Crippen LogP contribution is 2.31. The molecule has 2 aliphatic rings. The molecular formula is C44H78N2O6. The van der Waals surface area contributed by atoms with E-state index in [0.717, 1.165) is 85.2 Å². The first-order valence-corrected chi connectivity index (χ1v) is 21.6. The van der Waals surface area contributed by atoms with E-state index in [1.807, 2.05) is 0 Å². The molecule has 300 valence electrons. The minimum atomic E-state index is -0.494. The Bertz CT molecular complexity index is 1050. The lowest BCUT2D eigenvalue weighted by Gasteiger charge is -2.15. The Morgan fingerprint density at radius 3 is 1.13 bits per heavy atom. The van der Waals surface area contributed by atoms with Crippen molar-refractivity contribution in [2.24, 2.45) is 11.8 Å². The highest BCUT2D eigenvalue weighted by Gasteiger charge is 2.40. The zero-order chi connectivity index (χ0) is 38.4. The average Bonchev–Trinajstić information content (AvgIpc) is 3.59. The second-order valence-electron chi connectivity index (χ2n) is 15.1. The fourth-order valence-corrected chi connectivity index (χ4v) is 7.43. The molecule has 2 saturated heterocycles. The van der Waals surface area contributed by atoms with Gasteiger partial charge in [-0.3, -0.25) is 29.0 Å².